The minimum Gasteiger partial charge on any atom is -0.454 e. The molecular weight excluding hydrogens is 388 g/mol. The average Bonchev–Trinajstić information content (AvgIpc) is 3.33. The number of nitrogens with one attached hydrogen (secondary N) is 2. The molecule has 0 fully saturated rings. The number of nitrogens with zero attached hydrogens (tertiary/aromatic N) is 2. The van der Waals surface area contributed by atoms with Crippen LogP contribution in [0.25, 0.3) is 0 Å². The van der Waals surface area contributed by atoms with Crippen LogP contribution in [0.2, 0.25) is 0 Å². The lowest BCUT2D eigenvalue weighted by Gasteiger charge is -2.08. The van der Waals surface area contributed by atoms with Crippen molar-refractivity contribution in [2.75, 3.05) is 5.32 Å². The van der Waals surface area contributed by atoms with Gasteiger partial charge in [-0.25, -0.2) is 9.78 Å². The summed E-state index contributed by atoms with van der Waals surface area (Å²) < 4.78 is 5.27. The Balaban J connectivity index is 1.51. The van der Waals surface area contributed by atoms with Crippen LogP contribution in [0, 0.1) is 13.8 Å². The van der Waals surface area contributed by atoms with Gasteiger partial charge in [-0.3, -0.25) is 9.89 Å². The third-order valence-corrected chi connectivity index (χ3v) is 5.19. The first-order valence-corrected chi connectivity index (χ1v) is 10.3. The van der Waals surface area contributed by atoms with Gasteiger partial charge in [0.25, 0.3) is 0 Å². The molecule has 0 spiro atoms. The average molecular weight is 413 g/mol. The lowest BCUT2D eigenvalue weighted by atomic mass is 10.1. The molecule has 8 heteroatoms. The summed E-state index contributed by atoms with van der Waals surface area (Å²) in [6.07, 6.45) is 1.97. The fourth-order valence-corrected chi connectivity index (χ4v) is 3.55. The highest BCUT2D eigenvalue weighted by atomic mass is 32.1. The number of carbonyl (C=O) groups excluding carboxylic acids is 2. The van der Waals surface area contributed by atoms with Gasteiger partial charge < -0.3 is 10.1 Å². The monoisotopic (exact) mass is 412 g/mol. The van der Waals surface area contributed by atoms with Gasteiger partial charge in [0.1, 0.15) is 11.6 Å². The minimum absolute atomic E-state index is 0.0455. The highest BCUT2D eigenvalue weighted by molar-refractivity contribution is 7.09. The normalized spacial score (nSPS) is 10.7. The van der Waals surface area contributed by atoms with Crippen LogP contribution in [0.1, 0.15) is 51.4 Å². The smallest absolute Gasteiger partial charge is 0.359 e. The number of anilines is 1. The van der Waals surface area contributed by atoms with Crippen LogP contribution < -0.4 is 5.32 Å². The van der Waals surface area contributed by atoms with Crippen LogP contribution in [0.4, 0.5) is 5.69 Å². The first-order chi connectivity index (χ1) is 13.9. The van der Waals surface area contributed by atoms with Gasteiger partial charge >= 0.3 is 5.97 Å². The van der Waals surface area contributed by atoms with Crippen molar-refractivity contribution >= 4 is 28.9 Å². The molecule has 152 valence electrons. The van der Waals surface area contributed by atoms with Crippen LogP contribution in [-0.2, 0) is 29.0 Å². The number of ether oxygens (including phenoxy) is 1. The molecule has 1 aromatic carbocycles. The van der Waals surface area contributed by atoms with Crippen LogP contribution in [0.3, 0.4) is 0 Å². The summed E-state index contributed by atoms with van der Waals surface area (Å²) in [4.78, 5) is 28.8. The Morgan fingerprint density at radius 2 is 2.07 bits per heavy atom. The van der Waals surface area contributed by atoms with Crippen LogP contribution in [-0.4, -0.2) is 27.1 Å². The molecule has 0 unspecified atom stereocenters. The van der Waals surface area contributed by atoms with Gasteiger partial charge in [0, 0.05) is 16.8 Å². The topological polar surface area (TPSA) is 97.0 Å². The molecule has 0 bridgehead atoms. The molecule has 29 heavy (non-hydrogen) atoms. The number of aromatic amines is 1. The summed E-state index contributed by atoms with van der Waals surface area (Å²) >= 11 is 1.37. The molecule has 2 heterocycles. The second-order valence-electron chi connectivity index (χ2n) is 6.88. The molecule has 3 aromatic rings. The van der Waals surface area contributed by atoms with E-state index in [0.717, 1.165) is 35.3 Å². The molecule has 3 rings (SSSR count). The summed E-state index contributed by atoms with van der Waals surface area (Å²) in [6, 6.07) is 7.63. The maximum absolute atomic E-state index is 12.3. The molecule has 2 aromatic heterocycles. The van der Waals surface area contributed by atoms with Crippen LogP contribution in [0.5, 0.6) is 0 Å². The van der Waals surface area contributed by atoms with Gasteiger partial charge in [0.15, 0.2) is 5.69 Å². The molecule has 0 saturated carbocycles. The zero-order valence-electron chi connectivity index (χ0n) is 16.7. The van der Waals surface area contributed by atoms with E-state index in [4.69, 9.17) is 4.74 Å². The Labute approximate surface area is 173 Å². The van der Waals surface area contributed by atoms with E-state index < -0.39 is 5.97 Å². The molecule has 0 radical (unpaired) electrons. The van der Waals surface area contributed by atoms with E-state index in [1.807, 2.05) is 32.0 Å². The van der Waals surface area contributed by atoms with E-state index in [0.29, 0.717) is 10.7 Å². The molecule has 0 aliphatic carbocycles. The second kappa shape index (κ2) is 9.47. The zero-order valence-corrected chi connectivity index (χ0v) is 17.6. The number of carbonyl (C=O) groups is 2. The summed E-state index contributed by atoms with van der Waals surface area (Å²) in [5.41, 5.74) is 4.69. The van der Waals surface area contributed by atoms with E-state index in [-0.39, 0.29) is 24.6 Å². The maximum Gasteiger partial charge on any atom is 0.359 e. The Morgan fingerprint density at radius 1 is 1.24 bits per heavy atom. The largest absolute Gasteiger partial charge is 0.454 e. The lowest BCUT2D eigenvalue weighted by molar-refractivity contribution is -0.115. The fraction of sp³-hybridized carbons (Fsp3) is 0.333. The van der Waals surface area contributed by atoms with E-state index in [9.17, 15) is 9.59 Å². The molecular formula is C21H24N4O3S. The second-order valence-corrected chi connectivity index (χ2v) is 7.82. The predicted molar refractivity (Wildman–Crippen MR) is 112 cm³/mol. The third-order valence-electron chi connectivity index (χ3n) is 4.29. The quantitative estimate of drug-likeness (QED) is 0.546. The zero-order chi connectivity index (χ0) is 20.8. The first kappa shape index (κ1) is 20.7. The Kier molecular flexibility index (Phi) is 6.77. The van der Waals surface area contributed by atoms with Gasteiger partial charge in [-0.15, -0.1) is 11.3 Å². The van der Waals surface area contributed by atoms with Crippen LogP contribution >= 0.6 is 11.3 Å². The third kappa shape index (κ3) is 5.74. The SMILES string of the molecule is CCCc1cc(C(=O)OCc2csc(CC(=O)Nc3cc(C)ccc3C)n2)n[nH]1. The number of benzene rings is 1. The summed E-state index contributed by atoms with van der Waals surface area (Å²) in [5, 5.41) is 12.2. The Bertz CT molecular complexity index is 1010. The Hall–Kier alpha value is -3.00. The molecule has 2 N–H and O–H groups in total. The summed E-state index contributed by atoms with van der Waals surface area (Å²) in [5.74, 6) is -0.623. The molecule has 0 aliphatic rings. The number of aryl methyl sites for hydroxylation is 3. The number of H-pyrrole nitrogens is 1. The van der Waals surface area contributed by atoms with Crippen molar-refractivity contribution in [3.63, 3.8) is 0 Å². The molecule has 0 aliphatic heterocycles. The molecule has 7 nitrogen and oxygen atoms in total. The highest BCUT2D eigenvalue weighted by Crippen LogP contribution is 2.18. The van der Waals surface area contributed by atoms with Crippen molar-refractivity contribution in [3.8, 4) is 0 Å². The van der Waals surface area contributed by atoms with Crippen molar-refractivity contribution in [2.24, 2.45) is 0 Å². The maximum atomic E-state index is 12.3. The van der Waals surface area contributed by atoms with Gasteiger partial charge in [-0.05, 0) is 43.5 Å². The van der Waals surface area contributed by atoms with Crippen molar-refractivity contribution in [1.29, 1.82) is 0 Å². The molecule has 1 amide bonds. The van der Waals surface area contributed by atoms with E-state index in [1.54, 1.807) is 11.4 Å². The summed E-state index contributed by atoms with van der Waals surface area (Å²) in [6.45, 7) is 6.04. The van der Waals surface area contributed by atoms with E-state index in [1.165, 1.54) is 11.3 Å². The number of rotatable bonds is 8. The van der Waals surface area contributed by atoms with Crippen molar-refractivity contribution in [3.05, 3.63) is 62.9 Å². The van der Waals surface area contributed by atoms with Gasteiger partial charge in [0.05, 0.1) is 12.1 Å². The van der Waals surface area contributed by atoms with Crippen LogP contribution in [0.15, 0.2) is 29.6 Å². The number of thiazole rings is 1. The van der Waals surface area contributed by atoms with Crippen molar-refractivity contribution < 1.29 is 14.3 Å². The number of esters is 1. The predicted octanol–water partition coefficient (Wildman–Crippen LogP) is 3.97. The fourth-order valence-electron chi connectivity index (χ4n) is 2.78. The van der Waals surface area contributed by atoms with Gasteiger partial charge in [0.2, 0.25) is 5.91 Å². The van der Waals surface area contributed by atoms with E-state index >= 15 is 0 Å². The van der Waals surface area contributed by atoms with E-state index in [2.05, 4.69) is 27.4 Å². The standard InChI is InChI=1S/C21H24N4O3S/c1-4-5-15-9-18(25-24-15)21(27)28-11-16-12-29-20(22-16)10-19(26)23-17-8-13(2)6-7-14(17)3/h6-9,12H,4-5,10-11H2,1-3H3,(H,23,26)(H,24,25). The molecule has 0 atom stereocenters. The van der Waals surface area contributed by atoms with Crippen molar-refractivity contribution in [2.45, 2.75) is 46.6 Å². The van der Waals surface area contributed by atoms with Gasteiger partial charge in [-0.2, -0.15) is 5.10 Å². The number of aromatic nitrogens is 3. The molecule has 0 saturated heterocycles. The number of hydrogen-bond donors (Lipinski definition) is 2. The first-order valence-electron chi connectivity index (χ1n) is 9.46. The summed E-state index contributed by atoms with van der Waals surface area (Å²) in [7, 11) is 0. The number of hydrogen-bond acceptors (Lipinski definition) is 6. The lowest BCUT2D eigenvalue weighted by Crippen LogP contribution is -2.15. The minimum atomic E-state index is -0.495. The highest BCUT2D eigenvalue weighted by Gasteiger charge is 2.14. The Morgan fingerprint density at radius 3 is 2.86 bits per heavy atom. The number of amides is 1. The van der Waals surface area contributed by atoms with Crippen molar-refractivity contribution in [1.82, 2.24) is 15.2 Å². The van der Waals surface area contributed by atoms with Gasteiger partial charge in [-0.1, -0.05) is 25.5 Å².